The van der Waals surface area contributed by atoms with Crippen LogP contribution in [0.5, 0.6) is 5.75 Å². The Hall–Kier alpha value is -2.52. The molecular weight excluding hydrogens is 290 g/mol. The smallest absolute Gasteiger partial charge is 0.157 e. The highest BCUT2D eigenvalue weighted by Gasteiger charge is 2.07. The summed E-state index contributed by atoms with van der Waals surface area (Å²) in [4.78, 5) is 8.01. The second-order valence-corrected chi connectivity index (χ2v) is 4.41. The lowest BCUT2D eigenvalue weighted by Crippen LogP contribution is -2.14. The summed E-state index contributed by atoms with van der Waals surface area (Å²) in [7, 11) is 1.75. The van der Waals surface area contributed by atoms with Crippen molar-refractivity contribution >= 4 is 23.1 Å². The predicted octanol–water partition coefficient (Wildman–Crippen LogP) is 2.53. The Labute approximate surface area is 127 Å². The van der Waals surface area contributed by atoms with Gasteiger partial charge in [-0.05, 0) is 24.3 Å². The summed E-state index contributed by atoms with van der Waals surface area (Å²) < 4.78 is 5.56. The third-order valence-electron chi connectivity index (χ3n) is 2.70. The van der Waals surface area contributed by atoms with Gasteiger partial charge in [0.05, 0.1) is 18.2 Å². The lowest BCUT2D eigenvalue weighted by atomic mass is 10.2. The van der Waals surface area contributed by atoms with Crippen LogP contribution < -0.4 is 15.4 Å². The van der Waals surface area contributed by atoms with E-state index in [1.165, 1.54) is 6.33 Å². The molecule has 6 nitrogen and oxygen atoms in total. The maximum atomic E-state index is 8.71. The van der Waals surface area contributed by atoms with Crippen molar-refractivity contribution in [1.29, 1.82) is 5.26 Å². The van der Waals surface area contributed by atoms with Crippen LogP contribution in [-0.4, -0.2) is 30.2 Å². The van der Waals surface area contributed by atoms with Crippen LogP contribution in [0.25, 0.3) is 0 Å². The highest BCUT2D eigenvalue weighted by atomic mass is 35.5. The normalized spacial score (nSPS) is 9.76. The minimum absolute atomic E-state index is 0.364. The molecule has 0 amide bonds. The summed E-state index contributed by atoms with van der Waals surface area (Å²) in [6.45, 7) is 1.01. The molecule has 0 aliphatic heterocycles. The van der Waals surface area contributed by atoms with Gasteiger partial charge in [-0.15, -0.1) is 0 Å². The van der Waals surface area contributed by atoms with Gasteiger partial charge < -0.3 is 15.4 Å². The van der Waals surface area contributed by atoms with E-state index < -0.39 is 0 Å². The van der Waals surface area contributed by atoms with Crippen molar-refractivity contribution < 1.29 is 4.74 Å². The van der Waals surface area contributed by atoms with Crippen LogP contribution in [-0.2, 0) is 0 Å². The number of benzene rings is 1. The number of nitriles is 1. The summed E-state index contributed by atoms with van der Waals surface area (Å²) in [5, 5.41) is 15.1. The van der Waals surface area contributed by atoms with Gasteiger partial charge >= 0.3 is 0 Å². The zero-order chi connectivity index (χ0) is 15.1. The molecule has 7 heteroatoms. The average molecular weight is 304 g/mol. The van der Waals surface area contributed by atoms with Crippen LogP contribution in [0.3, 0.4) is 0 Å². The molecule has 1 aromatic carbocycles. The standard InChI is InChI=1S/C14H14ClN5O/c1-17-12-13(15)19-9-20-14(12)18-6-7-21-11-4-2-10(8-16)3-5-11/h2-5,9,17H,6-7H2,1H3,(H,18,19,20). The zero-order valence-corrected chi connectivity index (χ0v) is 12.2. The van der Waals surface area contributed by atoms with Crippen molar-refractivity contribution in [2.45, 2.75) is 0 Å². The third-order valence-corrected chi connectivity index (χ3v) is 2.98. The molecule has 108 valence electrons. The SMILES string of the molecule is CNc1c(Cl)ncnc1NCCOc1ccc(C#N)cc1. The van der Waals surface area contributed by atoms with Crippen LogP contribution >= 0.6 is 11.6 Å². The van der Waals surface area contributed by atoms with Crippen molar-refractivity contribution in [1.82, 2.24) is 9.97 Å². The monoisotopic (exact) mass is 303 g/mol. The average Bonchev–Trinajstić information content (AvgIpc) is 2.52. The topological polar surface area (TPSA) is 82.9 Å². The molecule has 0 saturated carbocycles. The van der Waals surface area contributed by atoms with E-state index in [1.54, 1.807) is 31.3 Å². The van der Waals surface area contributed by atoms with Crippen LogP contribution in [0.2, 0.25) is 5.15 Å². The largest absolute Gasteiger partial charge is 0.492 e. The molecule has 0 fully saturated rings. The van der Waals surface area contributed by atoms with E-state index in [0.717, 1.165) is 0 Å². The summed E-state index contributed by atoms with van der Waals surface area (Å²) >= 11 is 5.96. The van der Waals surface area contributed by atoms with Crippen molar-refractivity contribution in [3.05, 3.63) is 41.3 Å². The molecule has 0 radical (unpaired) electrons. The molecule has 0 aliphatic carbocycles. The third kappa shape index (κ3) is 3.97. The van der Waals surface area contributed by atoms with Crippen molar-refractivity contribution in [2.75, 3.05) is 30.8 Å². The summed E-state index contributed by atoms with van der Waals surface area (Å²) in [5.74, 6) is 1.34. The van der Waals surface area contributed by atoms with Gasteiger partial charge in [-0.25, -0.2) is 9.97 Å². The molecular formula is C14H14ClN5O. The Kier molecular flexibility index (Phi) is 5.18. The molecule has 1 heterocycles. The fourth-order valence-electron chi connectivity index (χ4n) is 1.68. The first-order chi connectivity index (χ1) is 10.2. The lowest BCUT2D eigenvalue weighted by molar-refractivity contribution is 0.333. The van der Waals surface area contributed by atoms with Crippen molar-refractivity contribution in [3.63, 3.8) is 0 Å². The van der Waals surface area contributed by atoms with E-state index in [4.69, 9.17) is 21.6 Å². The molecule has 0 bridgehead atoms. The van der Waals surface area contributed by atoms with Gasteiger partial charge in [-0.3, -0.25) is 0 Å². The Bertz CT molecular complexity index is 639. The van der Waals surface area contributed by atoms with Crippen molar-refractivity contribution in [3.8, 4) is 11.8 Å². The molecule has 2 rings (SSSR count). The van der Waals surface area contributed by atoms with Gasteiger partial charge in [0.2, 0.25) is 0 Å². The van der Waals surface area contributed by atoms with E-state index >= 15 is 0 Å². The number of anilines is 2. The second-order valence-electron chi connectivity index (χ2n) is 4.05. The lowest BCUT2D eigenvalue weighted by Gasteiger charge is -2.11. The number of hydrogen-bond donors (Lipinski definition) is 2. The zero-order valence-electron chi connectivity index (χ0n) is 11.4. The van der Waals surface area contributed by atoms with Crippen molar-refractivity contribution in [2.24, 2.45) is 0 Å². The molecule has 2 aromatic rings. The number of nitrogens with zero attached hydrogens (tertiary/aromatic N) is 3. The minimum Gasteiger partial charge on any atom is -0.492 e. The first-order valence-corrected chi connectivity index (χ1v) is 6.67. The van der Waals surface area contributed by atoms with E-state index in [-0.39, 0.29) is 0 Å². The number of nitrogens with one attached hydrogen (secondary N) is 2. The summed E-state index contributed by atoms with van der Waals surface area (Å²) in [5.41, 5.74) is 1.26. The van der Waals surface area contributed by atoms with E-state index in [2.05, 4.69) is 26.7 Å². The highest BCUT2D eigenvalue weighted by molar-refractivity contribution is 6.32. The molecule has 21 heavy (non-hydrogen) atoms. The number of ether oxygens (including phenoxy) is 1. The van der Waals surface area contributed by atoms with Gasteiger partial charge in [0.1, 0.15) is 24.4 Å². The Morgan fingerprint density at radius 3 is 2.71 bits per heavy atom. The Morgan fingerprint density at radius 1 is 1.29 bits per heavy atom. The second kappa shape index (κ2) is 7.31. The van der Waals surface area contributed by atoms with Gasteiger partial charge in [0.15, 0.2) is 11.0 Å². The molecule has 0 saturated heterocycles. The predicted molar refractivity (Wildman–Crippen MR) is 81.7 cm³/mol. The minimum atomic E-state index is 0.364. The maximum Gasteiger partial charge on any atom is 0.157 e. The Balaban J connectivity index is 1.84. The van der Waals surface area contributed by atoms with Gasteiger partial charge in [-0.1, -0.05) is 11.6 Å². The molecule has 1 aromatic heterocycles. The fourth-order valence-corrected chi connectivity index (χ4v) is 1.91. The molecule has 0 unspecified atom stereocenters. The maximum absolute atomic E-state index is 8.71. The number of hydrogen-bond acceptors (Lipinski definition) is 6. The summed E-state index contributed by atoms with van der Waals surface area (Å²) in [6.07, 6.45) is 1.40. The summed E-state index contributed by atoms with van der Waals surface area (Å²) in [6, 6.07) is 9.01. The molecule has 0 spiro atoms. The number of halogens is 1. The molecule has 2 N–H and O–H groups in total. The van der Waals surface area contributed by atoms with E-state index in [1.807, 2.05) is 0 Å². The van der Waals surface area contributed by atoms with Gasteiger partial charge in [0, 0.05) is 7.05 Å². The van der Waals surface area contributed by atoms with E-state index in [0.29, 0.717) is 41.1 Å². The van der Waals surface area contributed by atoms with Crippen LogP contribution in [0.1, 0.15) is 5.56 Å². The van der Waals surface area contributed by atoms with Crippen LogP contribution in [0.15, 0.2) is 30.6 Å². The quantitative estimate of drug-likeness (QED) is 0.630. The number of rotatable bonds is 6. The van der Waals surface area contributed by atoms with E-state index in [9.17, 15) is 0 Å². The molecule has 0 aliphatic rings. The van der Waals surface area contributed by atoms with Crippen LogP contribution in [0.4, 0.5) is 11.5 Å². The van der Waals surface area contributed by atoms with Gasteiger partial charge in [-0.2, -0.15) is 5.26 Å². The highest BCUT2D eigenvalue weighted by Crippen LogP contribution is 2.24. The van der Waals surface area contributed by atoms with Gasteiger partial charge in [0.25, 0.3) is 0 Å². The first kappa shape index (κ1) is 14.9. The first-order valence-electron chi connectivity index (χ1n) is 6.29. The number of aromatic nitrogens is 2. The Morgan fingerprint density at radius 2 is 2.05 bits per heavy atom. The molecule has 0 atom stereocenters. The van der Waals surface area contributed by atoms with Crippen LogP contribution in [0, 0.1) is 11.3 Å². The fraction of sp³-hybridized carbons (Fsp3) is 0.214.